The second kappa shape index (κ2) is 7.90. The van der Waals surface area contributed by atoms with Crippen molar-refractivity contribution in [3.8, 4) is 5.75 Å². The summed E-state index contributed by atoms with van der Waals surface area (Å²) in [6, 6.07) is 8.36. The number of phenolic OH excluding ortho intramolecular Hbond substituents is 1. The Morgan fingerprint density at radius 1 is 1.16 bits per heavy atom. The maximum absolute atomic E-state index is 13.0. The molecule has 2 heterocycles. The van der Waals surface area contributed by atoms with Gasteiger partial charge in [-0.15, -0.1) is 0 Å². The number of rotatable bonds is 3. The second-order valence-corrected chi connectivity index (χ2v) is 9.26. The Morgan fingerprint density at radius 3 is 2.41 bits per heavy atom. The summed E-state index contributed by atoms with van der Waals surface area (Å²) in [5.74, 6) is 0.231. The van der Waals surface area contributed by atoms with Gasteiger partial charge in [-0.25, -0.2) is 4.98 Å². The van der Waals surface area contributed by atoms with E-state index in [-0.39, 0.29) is 16.8 Å². The fourth-order valence-electron chi connectivity index (χ4n) is 5.27. The molecule has 0 bridgehead atoms. The van der Waals surface area contributed by atoms with Gasteiger partial charge in [0.2, 0.25) is 0 Å². The number of phenols is 1. The minimum absolute atomic E-state index is 0.231. The van der Waals surface area contributed by atoms with Crippen molar-refractivity contribution in [3.05, 3.63) is 53.3 Å². The number of alkyl halides is 3. The van der Waals surface area contributed by atoms with E-state index in [0.29, 0.717) is 17.8 Å². The number of hydrogen-bond donors (Lipinski definition) is 3. The first-order valence-electron chi connectivity index (χ1n) is 10.7. The molecule has 1 atom stereocenters. The number of aliphatic hydroxyl groups excluding tert-OH is 1. The van der Waals surface area contributed by atoms with Gasteiger partial charge >= 0.3 is 6.18 Å². The van der Waals surface area contributed by atoms with Crippen molar-refractivity contribution in [1.82, 2.24) is 15.2 Å². The number of nitrogens with zero attached hydrogens (tertiary/aromatic N) is 3. The highest BCUT2D eigenvalue weighted by atomic mass is 19.4. The average molecular weight is 451 g/mol. The van der Waals surface area contributed by atoms with E-state index in [1.165, 1.54) is 6.20 Å². The van der Waals surface area contributed by atoms with Crippen molar-refractivity contribution in [2.24, 2.45) is 0 Å². The number of halogens is 3. The standard InChI is InChI=1S/C23H29F3N4O2/c1-15-11-19(23(24,25)26)27-13-18(15)30-14-21(28-20(30)32)7-9-22(10-8-21,29(2)3)16-5-4-6-17(31)12-16/h4-6,11-13,20,28,31-32H,7-10,14H2,1-3H3/t20?,21-,22+. The molecule has 32 heavy (non-hydrogen) atoms. The van der Waals surface area contributed by atoms with Crippen LogP contribution < -0.4 is 10.2 Å². The summed E-state index contributed by atoms with van der Waals surface area (Å²) in [6.45, 7) is 2.08. The van der Waals surface area contributed by atoms with Crippen LogP contribution in [0.5, 0.6) is 5.75 Å². The summed E-state index contributed by atoms with van der Waals surface area (Å²) in [4.78, 5) is 7.46. The van der Waals surface area contributed by atoms with Crippen LogP contribution in [0.2, 0.25) is 0 Å². The Labute approximate surface area is 185 Å². The van der Waals surface area contributed by atoms with E-state index in [4.69, 9.17) is 0 Å². The number of pyridine rings is 1. The molecule has 174 valence electrons. The van der Waals surface area contributed by atoms with E-state index in [2.05, 4.69) is 15.2 Å². The fraction of sp³-hybridized carbons (Fsp3) is 0.522. The number of aliphatic hydroxyl groups is 1. The van der Waals surface area contributed by atoms with Crippen LogP contribution >= 0.6 is 0 Å². The molecule has 1 spiro atoms. The Kier molecular flexibility index (Phi) is 5.63. The molecule has 1 aromatic heterocycles. The van der Waals surface area contributed by atoms with Crippen molar-refractivity contribution in [1.29, 1.82) is 0 Å². The summed E-state index contributed by atoms with van der Waals surface area (Å²) < 4.78 is 39.0. The topological polar surface area (TPSA) is 71.9 Å². The predicted molar refractivity (Wildman–Crippen MR) is 115 cm³/mol. The molecule has 1 saturated carbocycles. The molecule has 0 radical (unpaired) electrons. The molecule has 1 aromatic carbocycles. The number of aromatic nitrogens is 1. The van der Waals surface area contributed by atoms with Crippen LogP contribution in [0, 0.1) is 6.92 Å². The fourth-order valence-corrected chi connectivity index (χ4v) is 5.27. The SMILES string of the molecule is Cc1cc(C(F)(F)F)ncc1N1C[C@]2(CC[C@](c3cccc(O)c3)(N(C)C)CC2)NC1O. The lowest BCUT2D eigenvalue weighted by Crippen LogP contribution is -2.54. The van der Waals surface area contributed by atoms with E-state index in [1.54, 1.807) is 24.0 Å². The lowest BCUT2D eigenvalue weighted by atomic mass is 9.69. The zero-order valence-corrected chi connectivity index (χ0v) is 18.4. The van der Waals surface area contributed by atoms with Gasteiger partial charge in [-0.05, 0) is 76.0 Å². The summed E-state index contributed by atoms with van der Waals surface area (Å²) in [5.41, 5.74) is 0.432. The number of nitrogens with one attached hydrogen (secondary N) is 1. The molecule has 2 aromatic rings. The molecule has 0 amide bonds. The van der Waals surface area contributed by atoms with Gasteiger partial charge in [0.1, 0.15) is 11.4 Å². The number of anilines is 1. The second-order valence-electron chi connectivity index (χ2n) is 9.26. The van der Waals surface area contributed by atoms with E-state index in [0.717, 1.165) is 37.3 Å². The maximum atomic E-state index is 13.0. The molecule has 3 N–H and O–H groups in total. The third-order valence-electron chi connectivity index (χ3n) is 7.16. The van der Waals surface area contributed by atoms with Crippen molar-refractivity contribution < 1.29 is 23.4 Å². The van der Waals surface area contributed by atoms with Gasteiger partial charge < -0.3 is 15.1 Å². The quantitative estimate of drug-likeness (QED) is 0.664. The zero-order chi connectivity index (χ0) is 23.3. The highest BCUT2D eigenvalue weighted by Gasteiger charge is 2.50. The van der Waals surface area contributed by atoms with Crippen molar-refractivity contribution in [2.45, 2.75) is 56.2 Å². The Hall–Kier alpha value is -2.36. The number of aromatic hydroxyl groups is 1. The van der Waals surface area contributed by atoms with Crippen LogP contribution in [-0.4, -0.2) is 52.6 Å². The Balaban J connectivity index is 1.55. The molecule has 6 nitrogen and oxygen atoms in total. The first kappa shape index (κ1) is 22.8. The normalized spacial score (nSPS) is 28.6. The van der Waals surface area contributed by atoms with Gasteiger partial charge in [0.25, 0.3) is 0 Å². The van der Waals surface area contributed by atoms with Crippen LogP contribution in [0.25, 0.3) is 0 Å². The Morgan fingerprint density at radius 2 is 1.84 bits per heavy atom. The lowest BCUT2D eigenvalue weighted by Gasteiger charge is -2.49. The third-order valence-corrected chi connectivity index (χ3v) is 7.16. The van der Waals surface area contributed by atoms with Crippen LogP contribution in [-0.2, 0) is 11.7 Å². The largest absolute Gasteiger partial charge is 0.508 e. The van der Waals surface area contributed by atoms with Crippen molar-refractivity contribution in [2.75, 3.05) is 25.5 Å². The minimum atomic E-state index is -4.50. The predicted octanol–water partition coefficient (Wildman–Crippen LogP) is 3.57. The van der Waals surface area contributed by atoms with E-state index >= 15 is 0 Å². The van der Waals surface area contributed by atoms with Crippen molar-refractivity contribution in [3.63, 3.8) is 0 Å². The summed E-state index contributed by atoms with van der Waals surface area (Å²) in [7, 11) is 4.06. The van der Waals surface area contributed by atoms with E-state index < -0.39 is 18.2 Å². The first-order chi connectivity index (χ1) is 15.0. The molecule has 9 heteroatoms. The molecule has 1 aliphatic heterocycles. The molecule has 1 saturated heterocycles. The van der Waals surface area contributed by atoms with Gasteiger partial charge in [0.05, 0.1) is 11.9 Å². The molecule has 1 unspecified atom stereocenters. The van der Waals surface area contributed by atoms with Crippen LogP contribution in [0.3, 0.4) is 0 Å². The van der Waals surface area contributed by atoms with Crippen LogP contribution in [0.4, 0.5) is 18.9 Å². The highest BCUT2D eigenvalue weighted by Crippen LogP contribution is 2.47. The zero-order valence-electron chi connectivity index (χ0n) is 18.4. The third kappa shape index (κ3) is 3.93. The average Bonchev–Trinajstić information content (AvgIpc) is 3.03. The van der Waals surface area contributed by atoms with Gasteiger partial charge in [-0.2, -0.15) is 13.2 Å². The molecule has 4 rings (SSSR count). The first-order valence-corrected chi connectivity index (χ1v) is 10.7. The summed E-state index contributed by atoms with van der Waals surface area (Å²) >= 11 is 0. The van der Waals surface area contributed by atoms with Gasteiger partial charge in [0, 0.05) is 17.6 Å². The van der Waals surface area contributed by atoms with Gasteiger partial charge in [-0.1, -0.05) is 12.1 Å². The van der Waals surface area contributed by atoms with Gasteiger partial charge in [-0.3, -0.25) is 10.2 Å². The van der Waals surface area contributed by atoms with E-state index in [9.17, 15) is 23.4 Å². The van der Waals surface area contributed by atoms with E-state index in [1.807, 2.05) is 26.2 Å². The molecular weight excluding hydrogens is 421 g/mol. The molecule has 2 fully saturated rings. The number of hydrogen-bond acceptors (Lipinski definition) is 6. The summed E-state index contributed by atoms with van der Waals surface area (Å²) in [5, 5.41) is 24.0. The Bertz CT molecular complexity index is 987. The lowest BCUT2D eigenvalue weighted by molar-refractivity contribution is -0.141. The maximum Gasteiger partial charge on any atom is 0.433 e. The molecule has 1 aliphatic carbocycles. The number of aryl methyl sites for hydroxylation is 1. The highest BCUT2D eigenvalue weighted by molar-refractivity contribution is 5.54. The number of benzene rings is 1. The van der Waals surface area contributed by atoms with Crippen LogP contribution in [0.15, 0.2) is 36.5 Å². The van der Waals surface area contributed by atoms with Crippen molar-refractivity contribution >= 4 is 5.69 Å². The molecule has 2 aliphatic rings. The molecular formula is C23H29F3N4O2. The summed E-state index contributed by atoms with van der Waals surface area (Å²) in [6.07, 6.45) is -1.16. The van der Waals surface area contributed by atoms with Gasteiger partial charge in [0.15, 0.2) is 6.35 Å². The monoisotopic (exact) mass is 450 g/mol. The smallest absolute Gasteiger partial charge is 0.433 e. The minimum Gasteiger partial charge on any atom is -0.508 e. The van der Waals surface area contributed by atoms with Crippen LogP contribution in [0.1, 0.15) is 42.5 Å².